The summed E-state index contributed by atoms with van der Waals surface area (Å²) in [6, 6.07) is 13.7. The lowest BCUT2D eigenvalue weighted by Gasteiger charge is -2.21. The minimum Gasteiger partial charge on any atom is -0.488 e. The number of imidazole rings is 1. The zero-order chi connectivity index (χ0) is 17.6. The second-order valence-corrected chi connectivity index (χ2v) is 7.26. The molecule has 5 nitrogen and oxygen atoms in total. The van der Waals surface area contributed by atoms with E-state index >= 15 is 0 Å². The van der Waals surface area contributed by atoms with Gasteiger partial charge in [0.1, 0.15) is 17.2 Å². The zero-order valence-electron chi connectivity index (χ0n) is 14.7. The van der Waals surface area contributed by atoms with Gasteiger partial charge in [-0.3, -0.25) is 4.79 Å². The first-order valence-electron chi connectivity index (χ1n) is 8.49. The summed E-state index contributed by atoms with van der Waals surface area (Å²) < 4.78 is 8.02. The van der Waals surface area contributed by atoms with Crippen LogP contribution in [0.3, 0.4) is 0 Å². The third-order valence-electron chi connectivity index (χ3n) is 4.17. The number of amides is 1. The molecule has 0 radical (unpaired) electrons. The maximum atomic E-state index is 12.2. The molecular weight excluding hydrogens is 314 g/mol. The Labute approximate surface area is 146 Å². The summed E-state index contributed by atoms with van der Waals surface area (Å²) in [5.74, 6) is 1.67. The smallest absolute Gasteiger partial charge is 0.253 e. The number of hydrogen-bond acceptors (Lipinski definition) is 3. The number of rotatable bonds is 2. The molecule has 25 heavy (non-hydrogen) atoms. The number of nitrogens with zero attached hydrogens (tertiary/aromatic N) is 2. The molecule has 5 heteroatoms. The van der Waals surface area contributed by atoms with Crippen molar-refractivity contribution >= 4 is 16.9 Å². The first-order chi connectivity index (χ1) is 11.9. The Bertz CT molecular complexity index is 949. The van der Waals surface area contributed by atoms with E-state index in [-0.39, 0.29) is 11.5 Å². The van der Waals surface area contributed by atoms with Gasteiger partial charge in [-0.05, 0) is 57.2 Å². The molecule has 0 aliphatic carbocycles. The number of para-hydroxylation sites is 1. The Morgan fingerprint density at radius 3 is 2.60 bits per heavy atom. The number of nitrogens with one attached hydrogen (secondary N) is 1. The fourth-order valence-electron chi connectivity index (χ4n) is 3.21. The number of hydrogen-bond donors (Lipinski definition) is 1. The molecule has 0 atom stereocenters. The van der Waals surface area contributed by atoms with E-state index in [9.17, 15) is 4.79 Å². The van der Waals surface area contributed by atoms with E-state index in [1.807, 2.05) is 63.2 Å². The van der Waals surface area contributed by atoms with Gasteiger partial charge < -0.3 is 14.6 Å². The van der Waals surface area contributed by atoms with E-state index in [0.29, 0.717) is 18.7 Å². The Kier molecular flexibility index (Phi) is 3.53. The summed E-state index contributed by atoms with van der Waals surface area (Å²) in [6.45, 7) is 7.39. The van der Waals surface area contributed by atoms with Crippen molar-refractivity contribution in [3.8, 4) is 17.1 Å². The van der Waals surface area contributed by atoms with E-state index in [2.05, 4.69) is 9.88 Å². The monoisotopic (exact) mass is 335 g/mol. The second-order valence-electron chi connectivity index (χ2n) is 7.26. The molecule has 1 aromatic heterocycles. The normalized spacial score (nSPS) is 14.3. The molecule has 0 bridgehead atoms. The summed E-state index contributed by atoms with van der Waals surface area (Å²) >= 11 is 0. The van der Waals surface area contributed by atoms with Crippen molar-refractivity contribution in [1.29, 1.82) is 0 Å². The molecule has 1 N–H and O–H groups in total. The standard InChI is InChI=1S/C20H21N3O2/c1-20(2,3)25-14-9-7-13(8-10-14)18-22-16-6-4-5-15-17(16)23(18)12-11-21-19(15)24/h4-10H,11-12H2,1-3H3,(H,21,24). The summed E-state index contributed by atoms with van der Waals surface area (Å²) in [4.78, 5) is 17.0. The third-order valence-corrected chi connectivity index (χ3v) is 4.17. The average Bonchev–Trinajstić information content (AvgIpc) is 2.83. The number of benzene rings is 2. The highest BCUT2D eigenvalue weighted by atomic mass is 16.5. The first-order valence-corrected chi connectivity index (χ1v) is 8.49. The third kappa shape index (κ3) is 2.86. The molecular formula is C20H21N3O2. The lowest BCUT2D eigenvalue weighted by atomic mass is 10.1. The number of aromatic nitrogens is 2. The van der Waals surface area contributed by atoms with Gasteiger partial charge in [-0.1, -0.05) is 6.07 Å². The minimum absolute atomic E-state index is 0.0373. The van der Waals surface area contributed by atoms with Crippen LogP contribution in [0.4, 0.5) is 0 Å². The van der Waals surface area contributed by atoms with E-state index < -0.39 is 0 Å². The molecule has 2 heterocycles. The predicted molar refractivity (Wildman–Crippen MR) is 97.9 cm³/mol. The SMILES string of the molecule is CC(C)(C)Oc1ccc(-c2nc3cccc4c3n2CCNC4=O)cc1. The zero-order valence-corrected chi connectivity index (χ0v) is 14.7. The minimum atomic E-state index is -0.228. The van der Waals surface area contributed by atoms with E-state index in [1.165, 1.54) is 0 Å². The van der Waals surface area contributed by atoms with Gasteiger partial charge in [0.25, 0.3) is 5.91 Å². The first kappa shape index (κ1) is 15.7. The van der Waals surface area contributed by atoms with E-state index in [0.717, 1.165) is 28.2 Å². The molecule has 1 amide bonds. The molecule has 1 aliphatic rings. The highest BCUT2D eigenvalue weighted by molar-refractivity contribution is 6.06. The van der Waals surface area contributed by atoms with Crippen molar-refractivity contribution in [2.45, 2.75) is 32.9 Å². The van der Waals surface area contributed by atoms with Crippen LogP contribution in [0.25, 0.3) is 22.4 Å². The van der Waals surface area contributed by atoms with Crippen LogP contribution >= 0.6 is 0 Å². The molecule has 0 saturated carbocycles. The molecule has 4 rings (SSSR count). The molecule has 128 valence electrons. The number of carbonyl (C=O) groups excluding carboxylic acids is 1. The molecule has 1 aliphatic heterocycles. The quantitative estimate of drug-likeness (QED) is 0.778. The fraction of sp³-hybridized carbons (Fsp3) is 0.300. The van der Waals surface area contributed by atoms with Crippen molar-refractivity contribution in [3.05, 3.63) is 48.0 Å². The van der Waals surface area contributed by atoms with Gasteiger partial charge in [0.2, 0.25) is 0 Å². The van der Waals surface area contributed by atoms with Gasteiger partial charge >= 0.3 is 0 Å². The van der Waals surface area contributed by atoms with Crippen molar-refractivity contribution in [2.24, 2.45) is 0 Å². The lowest BCUT2D eigenvalue weighted by molar-refractivity contribution is 0.0956. The van der Waals surface area contributed by atoms with Gasteiger partial charge in [0.15, 0.2) is 0 Å². The van der Waals surface area contributed by atoms with Crippen LogP contribution in [-0.2, 0) is 6.54 Å². The van der Waals surface area contributed by atoms with Crippen LogP contribution in [-0.4, -0.2) is 27.6 Å². The van der Waals surface area contributed by atoms with Gasteiger partial charge in [-0.2, -0.15) is 0 Å². The Morgan fingerprint density at radius 2 is 1.88 bits per heavy atom. The van der Waals surface area contributed by atoms with Crippen molar-refractivity contribution < 1.29 is 9.53 Å². The molecule has 3 aromatic rings. The molecule has 0 fully saturated rings. The van der Waals surface area contributed by atoms with Crippen molar-refractivity contribution in [2.75, 3.05) is 6.54 Å². The van der Waals surface area contributed by atoms with Gasteiger partial charge in [-0.15, -0.1) is 0 Å². The second kappa shape index (κ2) is 5.62. The van der Waals surface area contributed by atoms with Crippen LogP contribution in [0.5, 0.6) is 5.75 Å². The van der Waals surface area contributed by atoms with Gasteiger partial charge in [-0.25, -0.2) is 4.98 Å². The summed E-state index contributed by atoms with van der Waals surface area (Å²) in [5.41, 5.74) is 3.22. The maximum absolute atomic E-state index is 12.2. The average molecular weight is 335 g/mol. The van der Waals surface area contributed by atoms with Crippen LogP contribution in [0, 0.1) is 0 Å². The largest absolute Gasteiger partial charge is 0.488 e. The predicted octanol–water partition coefficient (Wildman–Crippen LogP) is 3.62. The summed E-state index contributed by atoms with van der Waals surface area (Å²) in [5, 5.41) is 2.94. The fourth-order valence-corrected chi connectivity index (χ4v) is 3.21. The van der Waals surface area contributed by atoms with Gasteiger partial charge in [0, 0.05) is 18.7 Å². The lowest BCUT2D eigenvalue weighted by Crippen LogP contribution is -2.24. The Balaban J connectivity index is 1.81. The summed E-state index contributed by atoms with van der Waals surface area (Å²) in [7, 11) is 0. The van der Waals surface area contributed by atoms with Crippen LogP contribution in [0.2, 0.25) is 0 Å². The van der Waals surface area contributed by atoms with Crippen LogP contribution in [0.1, 0.15) is 31.1 Å². The Morgan fingerprint density at radius 1 is 1.12 bits per heavy atom. The van der Waals surface area contributed by atoms with Crippen LogP contribution in [0.15, 0.2) is 42.5 Å². The van der Waals surface area contributed by atoms with E-state index in [4.69, 9.17) is 9.72 Å². The Hall–Kier alpha value is -2.82. The number of carbonyl (C=O) groups is 1. The highest BCUT2D eigenvalue weighted by Gasteiger charge is 2.21. The van der Waals surface area contributed by atoms with Crippen molar-refractivity contribution in [3.63, 3.8) is 0 Å². The molecule has 0 unspecified atom stereocenters. The van der Waals surface area contributed by atoms with Crippen LogP contribution < -0.4 is 10.1 Å². The number of ether oxygens (including phenoxy) is 1. The molecule has 2 aromatic carbocycles. The maximum Gasteiger partial charge on any atom is 0.253 e. The molecule has 0 spiro atoms. The topological polar surface area (TPSA) is 56.1 Å². The molecule has 0 saturated heterocycles. The van der Waals surface area contributed by atoms with Gasteiger partial charge in [0.05, 0.1) is 16.6 Å². The highest BCUT2D eigenvalue weighted by Crippen LogP contribution is 2.29. The van der Waals surface area contributed by atoms with E-state index in [1.54, 1.807) is 0 Å². The van der Waals surface area contributed by atoms with Crippen molar-refractivity contribution in [1.82, 2.24) is 14.9 Å². The summed E-state index contributed by atoms with van der Waals surface area (Å²) in [6.07, 6.45) is 0.